The number of para-hydroxylation sites is 4. The molecule has 350 valence electrons. The van der Waals surface area contributed by atoms with Gasteiger partial charge in [-0.25, -0.2) is 0 Å². The molecule has 8 aromatic rings. The molecule has 69 heavy (non-hydrogen) atoms. The molecule has 0 heterocycles. The lowest BCUT2D eigenvalue weighted by Crippen LogP contribution is -2.40. The highest BCUT2D eigenvalue weighted by Gasteiger charge is 2.54. The first-order chi connectivity index (χ1) is 34.0. The minimum atomic E-state index is -0.321. The number of benzene rings is 8. The van der Waals surface area contributed by atoms with Crippen LogP contribution in [0, 0.1) is 13.8 Å². The van der Waals surface area contributed by atoms with Crippen LogP contribution >= 0.6 is 0 Å². The van der Waals surface area contributed by atoms with E-state index < -0.39 is 0 Å². The van der Waals surface area contributed by atoms with Crippen LogP contribution < -0.4 is 9.80 Å². The number of hydrogen-bond acceptors (Lipinski definition) is 2. The normalized spacial score (nSPS) is 13.3. The SMILES string of the molecule is CCCCCCCC(c1ccc(N(c2ccccc2)c2ccccc2)cc1)C1(C(CCCCCCC)c2ccc(N(c3ccccc3)c3ccccc3)cc2)c2cc(C)ccc2-c2ccc(C)cc21. The molecule has 0 saturated carbocycles. The molecule has 0 bridgehead atoms. The van der Waals surface area contributed by atoms with E-state index in [1.807, 2.05) is 0 Å². The van der Waals surface area contributed by atoms with Crippen molar-refractivity contribution in [2.75, 3.05) is 9.80 Å². The highest BCUT2D eigenvalue weighted by atomic mass is 15.1. The Morgan fingerprint density at radius 1 is 0.333 bits per heavy atom. The van der Waals surface area contributed by atoms with Crippen molar-refractivity contribution in [2.45, 2.75) is 122 Å². The maximum absolute atomic E-state index is 2.60. The summed E-state index contributed by atoms with van der Waals surface area (Å²) < 4.78 is 0. The molecular weight excluding hydrogens is 833 g/mol. The van der Waals surface area contributed by atoms with Gasteiger partial charge in [-0.1, -0.05) is 223 Å². The molecule has 0 saturated heterocycles. The zero-order valence-corrected chi connectivity index (χ0v) is 41.7. The topological polar surface area (TPSA) is 6.48 Å². The van der Waals surface area contributed by atoms with Gasteiger partial charge in [0.1, 0.15) is 0 Å². The molecule has 2 heteroatoms. The average molecular weight is 905 g/mol. The third-order valence-electron chi connectivity index (χ3n) is 15.0. The second kappa shape index (κ2) is 22.6. The van der Waals surface area contributed by atoms with E-state index in [1.54, 1.807) is 0 Å². The fourth-order valence-corrected chi connectivity index (χ4v) is 11.7. The second-order valence-electron chi connectivity index (χ2n) is 19.7. The van der Waals surface area contributed by atoms with Crippen molar-refractivity contribution in [2.24, 2.45) is 0 Å². The highest BCUT2D eigenvalue weighted by Crippen LogP contribution is 2.64. The molecule has 0 radical (unpaired) electrons. The monoisotopic (exact) mass is 905 g/mol. The lowest BCUT2D eigenvalue weighted by atomic mass is 9.55. The Morgan fingerprint density at radius 2 is 0.638 bits per heavy atom. The van der Waals surface area contributed by atoms with E-state index in [4.69, 9.17) is 0 Å². The van der Waals surface area contributed by atoms with Gasteiger partial charge in [-0.05, 0) is 145 Å². The van der Waals surface area contributed by atoms with Crippen LogP contribution in [0.5, 0.6) is 0 Å². The summed E-state index contributed by atoms with van der Waals surface area (Å²) in [4.78, 5) is 4.81. The average Bonchev–Trinajstić information content (AvgIpc) is 3.66. The second-order valence-corrected chi connectivity index (χ2v) is 19.7. The van der Waals surface area contributed by atoms with E-state index in [0.29, 0.717) is 0 Å². The van der Waals surface area contributed by atoms with Gasteiger partial charge in [0.25, 0.3) is 0 Å². The molecule has 0 spiro atoms. The lowest BCUT2D eigenvalue weighted by Gasteiger charge is -2.47. The fourth-order valence-electron chi connectivity index (χ4n) is 11.7. The van der Waals surface area contributed by atoms with Gasteiger partial charge < -0.3 is 9.80 Å². The van der Waals surface area contributed by atoms with Crippen LogP contribution in [-0.4, -0.2) is 0 Å². The van der Waals surface area contributed by atoms with Crippen LogP contribution in [0.4, 0.5) is 34.1 Å². The zero-order chi connectivity index (χ0) is 47.4. The van der Waals surface area contributed by atoms with Crippen molar-refractivity contribution in [1.29, 1.82) is 0 Å². The maximum Gasteiger partial charge on any atom is 0.0461 e. The first-order valence-corrected chi connectivity index (χ1v) is 26.2. The molecule has 8 aromatic carbocycles. The van der Waals surface area contributed by atoms with Crippen LogP contribution in [0.3, 0.4) is 0 Å². The zero-order valence-electron chi connectivity index (χ0n) is 41.7. The molecule has 0 fully saturated rings. The smallest absolute Gasteiger partial charge is 0.0461 e. The number of fused-ring (bicyclic) bond motifs is 3. The van der Waals surface area contributed by atoms with Crippen LogP contribution in [0.15, 0.2) is 206 Å². The molecule has 2 nitrogen and oxygen atoms in total. The van der Waals surface area contributed by atoms with E-state index in [2.05, 4.69) is 244 Å². The number of nitrogens with zero attached hydrogens (tertiary/aromatic N) is 2. The summed E-state index contributed by atoms with van der Waals surface area (Å²) >= 11 is 0. The Kier molecular flexibility index (Phi) is 15.6. The predicted octanol–water partition coefficient (Wildman–Crippen LogP) is 19.8. The van der Waals surface area contributed by atoms with E-state index in [9.17, 15) is 0 Å². The molecule has 0 N–H and O–H groups in total. The summed E-state index contributed by atoms with van der Waals surface area (Å²) in [6.07, 6.45) is 14.8. The van der Waals surface area contributed by atoms with Crippen LogP contribution in [0.2, 0.25) is 0 Å². The van der Waals surface area contributed by atoms with Crippen molar-refractivity contribution < 1.29 is 0 Å². The standard InChI is InChI=1S/C67H72N2/c1-5-7-9-11-25-35-63(53-39-43-59(44-40-53)68(55-27-17-13-18-28-55)56-29-19-14-20-30-56)67(65-49-51(3)37-47-61(65)62-48-38-52(4)50-66(62)67)64(36-26-12-10-8-6-2)54-41-45-60(46-42-54)69(57-31-21-15-22-32-57)58-33-23-16-24-34-58/h13-24,27-34,37-50,63-64H,5-12,25-26,35-36H2,1-4H3. The molecule has 0 aromatic heterocycles. The molecule has 0 amide bonds. The van der Waals surface area contributed by atoms with Crippen molar-refractivity contribution in [3.8, 4) is 11.1 Å². The molecule has 0 aliphatic heterocycles. The molecule has 1 aliphatic carbocycles. The van der Waals surface area contributed by atoms with E-state index >= 15 is 0 Å². The fraction of sp³-hybridized carbons (Fsp3) is 0.284. The Bertz CT molecular complexity index is 2540. The number of rotatable bonds is 22. The van der Waals surface area contributed by atoms with Gasteiger partial charge >= 0.3 is 0 Å². The first kappa shape index (κ1) is 47.4. The van der Waals surface area contributed by atoms with Crippen LogP contribution in [0.1, 0.15) is 136 Å². The summed E-state index contributed by atoms with van der Waals surface area (Å²) in [5.41, 5.74) is 18.1. The third-order valence-corrected chi connectivity index (χ3v) is 15.0. The van der Waals surface area contributed by atoms with Gasteiger partial charge in [0.15, 0.2) is 0 Å². The first-order valence-electron chi connectivity index (χ1n) is 26.2. The Hall–Kier alpha value is -6.64. The molecule has 2 unspecified atom stereocenters. The molecule has 1 aliphatic rings. The maximum atomic E-state index is 2.60. The van der Waals surface area contributed by atoms with Crippen molar-refractivity contribution >= 4 is 34.1 Å². The Morgan fingerprint density at radius 3 is 0.957 bits per heavy atom. The van der Waals surface area contributed by atoms with E-state index in [0.717, 1.165) is 35.6 Å². The number of anilines is 6. The summed E-state index contributed by atoms with van der Waals surface area (Å²) in [5.74, 6) is 0.452. The number of hydrogen-bond donors (Lipinski definition) is 0. The molecule has 2 atom stereocenters. The predicted molar refractivity (Wildman–Crippen MR) is 297 cm³/mol. The van der Waals surface area contributed by atoms with Gasteiger partial charge in [-0.15, -0.1) is 0 Å². The van der Waals surface area contributed by atoms with E-state index in [1.165, 1.54) is 120 Å². The van der Waals surface area contributed by atoms with Gasteiger partial charge in [0.05, 0.1) is 0 Å². The summed E-state index contributed by atoms with van der Waals surface area (Å²) in [6, 6.07) is 77.9. The summed E-state index contributed by atoms with van der Waals surface area (Å²) in [7, 11) is 0. The van der Waals surface area contributed by atoms with Gasteiger partial charge in [-0.2, -0.15) is 0 Å². The van der Waals surface area contributed by atoms with Crippen molar-refractivity contribution in [3.63, 3.8) is 0 Å². The minimum absolute atomic E-state index is 0.226. The molecule has 9 rings (SSSR count). The van der Waals surface area contributed by atoms with Crippen molar-refractivity contribution in [3.05, 3.63) is 240 Å². The van der Waals surface area contributed by atoms with Crippen LogP contribution in [-0.2, 0) is 5.41 Å². The summed E-state index contributed by atoms with van der Waals surface area (Å²) in [6.45, 7) is 9.29. The largest absolute Gasteiger partial charge is 0.311 e. The van der Waals surface area contributed by atoms with Gasteiger partial charge in [0, 0.05) is 39.5 Å². The number of unbranched alkanes of at least 4 members (excludes halogenated alkanes) is 8. The number of aryl methyl sites for hydroxylation is 2. The highest BCUT2D eigenvalue weighted by molar-refractivity contribution is 5.84. The lowest BCUT2D eigenvalue weighted by molar-refractivity contribution is 0.301. The quantitative estimate of drug-likeness (QED) is 0.0625. The Labute approximate surface area is 414 Å². The minimum Gasteiger partial charge on any atom is -0.311 e. The van der Waals surface area contributed by atoms with Crippen LogP contribution in [0.25, 0.3) is 11.1 Å². The van der Waals surface area contributed by atoms with Gasteiger partial charge in [0.2, 0.25) is 0 Å². The van der Waals surface area contributed by atoms with E-state index in [-0.39, 0.29) is 17.3 Å². The molecular formula is C67H72N2. The Balaban J connectivity index is 1.25. The summed E-state index contributed by atoms with van der Waals surface area (Å²) in [5, 5.41) is 0. The third kappa shape index (κ3) is 10.2. The van der Waals surface area contributed by atoms with Gasteiger partial charge in [-0.3, -0.25) is 0 Å². The van der Waals surface area contributed by atoms with Crippen molar-refractivity contribution in [1.82, 2.24) is 0 Å².